The van der Waals surface area contributed by atoms with E-state index >= 15 is 0 Å². The van der Waals surface area contributed by atoms with Crippen LogP contribution in [0.5, 0.6) is 0 Å². The zero-order chi connectivity index (χ0) is 17.5. The number of halogens is 1. The Balaban J connectivity index is 1.64. The summed E-state index contributed by atoms with van der Waals surface area (Å²) in [5, 5.41) is 4.96. The zero-order valence-electron chi connectivity index (χ0n) is 13.9. The summed E-state index contributed by atoms with van der Waals surface area (Å²) in [6.45, 7) is 3.68. The van der Waals surface area contributed by atoms with Crippen LogP contribution < -0.4 is 10.2 Å². The van der Waals surface area contributed by atoms with Crippen LogP contribution in [0.2, 0.25) is 0 Å². The van der Waals surface area contributed by atoms with Gasteiger partial charge in [0.15, 0.2) is 0 Å². The van der Waals surface area contributed by atoms with Crippen LogP contribution in [-0.2, 0) is 9.53 Å². The van der Waals surface area contributed by atoms with Crippen molar-refractivity contribution in [3.8, 4) is 0 Å². The summed E-state index contributed by atoms with van der Waals surface area (Å²) >= 11 is 1.59. The average molecular weight is 361 g/mol. The number of hydrogen-bond donors (Lipinski definition) is 2. The van der Waals surface area contributed by atoms with Gasteiger partial charge in [-0.05, 0) is 29.7 Å². The molecular formula is C19H22FN2O2S+. The van der Waals surface area contributed by atoms with Gasteiger partial charge in [0, 0.05) is 16.5 Å². The van der Waals surface area contributed by atoms with Crippen LogP contribution in [0, 0.1) is 5.82 Å². The average Bonchev–Trinajstić information content (AvgIpc) is 3.16. The van der Waals surface area contributed by atoms with Crippen LogP contribution in [0.1, 0.15) is 16.5 Å². The van der Waals surface area contributed by atoms with E-state index in [0.29, 0.717) is 19.8 Å². The smallest absolute Gasteiger partial charge is 0.244 e. The molecule has 0 unspecified atom stereocenters. The molecule has 1 aromatic carbocycles. The fourth-order valence-corrected chi connectivity index (χ4v) is 3.60. The number of rotatable bonds is 6. The summed E-state index contributed by atoms with van der Waals surface area (Å²) < 4.78 is 18.7. The molecule has 1 amide bonds. The third-order valence-corrected chi connectivity index (χ3v) is 5.16. The molecule has 1 aliphatic rings. The summed E-state index contributed by atoms with van der Waals surface area (Å²) in [6.07, 6.45) is 3.37. The highest BCUT2D eigenvalue weighted by Gasteiger charge is 2.26. The quantitative estimate of drug-likeness (QED) is 0.769. The lowest BCUT2D eigenvalue weighted by molar-refractivity contribution is -0.937. The number of ether oxygens (including phenoxy) is 1. The van der Waals surface area contributed by atoms with Crippen molar-refractivity contribution in [3.05, 3.63) is 64.1 Å². The Labute approximate surface area is 150 Å². The maximum absolute atomic E-state index is 13.2. The highest BCUT2D eigenvalue weighted by molar-refractivity contribution is 7.10. The van der Waals surface area contributed by atoms with Gasteiger partial charge in [-0.2, -0.15) is 0 Å². The number of carbonyl (C=O) groups excluding carboxylic acids is 1. The van der Waals surface area contributed by atoms with Crippen LogP contribution >= 0.6 is 11.3 Å². The van der Waals surface area contributed by atoms with Crippen LogP contribution in [-0.4, -0.2) is 38.8 Å². The zero-order valence-corrected chi connectivity index (χ0v) is 14.7. The number of carbonyl (C=O) groups is 1. The number of amides is 1. The predicted octanol–water partition coefficient (Wildman–Crippen LogP) is 1.67. The Morgan fingerprint density at radius 3 is 2.72 bits per heavy atom. The maximum Gasteiger partial charge on any atom is 0.244 e. The number of hydrogen-bond acceptors (Lipinski definition) is 3. The molecule has 2 aromatic rings. The predicted molar refractivity (Wildman–Crippen MR) is 97.0 cm³/mol. The van der Waals surface area contributed by atoms with E-state index in [1.54, 1.807) is 29.5 Å². The Morgan fingerprint density at radius 1 is 1.28 bits per heavy atom. The van der Waals surface area contributed by atoms with Crippen molar-refractivity contribution < 1.29 is 18.8 Å². The first-order valence-corrected chi connectivity index (χ1v) is 9.27. The molecule has 2 heterocycles. The maximum atomic E-state index is 13.2. The third-order valence-electron chi connectivity index (χ3n) is 4.32. The monoisotopic (exact) mass is 361 g/mol. The summed E-state index contributed by atoms with van der Waals surface area (Å²) in [5.74, 6) is -0.365. The molecule has 1 aromatic heterocycles. The van der Waals surface area contributed by atoms with Crippen LogP contribution in [0.25, 0.3) is 6.08 Å². The van der Waals surface area contributed by atoms with Crippen molar-refractivity contribution >= 4 is 23.3 Å². The molecule has 6 heteroatoms. The van der Waals surface area contributed by atoms with E-state index < -0.39 is 0 Å². The van der Waals surface area contributed by atoms with Crippen molar-refractivity contribution in [1.29, 1.82) is 0 Å². The second kappa shape index (κ2) is 8.89. The van der Waals surface area contributed by atoms with Gasteiger partial charge in [-0.3, -0.25) is 4.79 Å². The Bertz CT molecular complexity index is 695. The lowest BCUT2D eigenvalue weighted by Crippen LogP contribution is -3.15. The number of nitrogens with one attached hydrogen (secondary N) is 2. The Kier molecular flexibility index (Phi) is 6.33. The standard InChI is InChI=1S/C19H21FN2O2S/c20-16-5-3-15(4-6-16)18(22-9-11-24-12-10-22)14-21-19(23)8-7-17-2-1-13-25-17/h1-8,13,18H,9-12,14H2,(H,21,23)/p+1/b8-7+/t18-/m0/s1. The van der Waals surface area contributed by atoms with Crippen molar-refractivity contribution in [2.24, 2.45) is 0 Å². The SMILES string of the molecule is O=C(/C=C/c1cccs1)NC[C@@H](c1ccc(F)cc1)[NH+]1CCOCC1. The van der Waals surface area contributed by atoms with E-state index in [2.05, 4.69) is 5.32 Å². The molecule has 2 N–H and O–H groups in total. The largest absolute Gasteiger partial charge is 0.370 e. The van der Waals surface area contributed by atoms with E-state index in [4.69, 9.17) is 4.74 Å². The van der Waals surface area contributed by atoms with Crippen molar-refractivity contribution in [3.63, 3.8) is 0 Å². The molecule has 0 saturated carbocycles. The number of morpholine rings is 1. The molecular weight excluding hydrogens is 339 g/mol. The van der Waals surface area contributed by atoms with Gasteiger partial charge in [0.25, 0.3) is 0 Å². The fraction of sp³-hybridized carbons (Fsp3) is 0.316. The van der Waals surface area contributed by atoms with E-state index in [0.717, 1.165) is 23.5 Å². The van der Waals surface area contributed by atoms with Crippen LogP contribution in [0.4, 0.5) is 4.39 Å². The topological polar surface area (TPSA) is 42.8 Å². The minimum absolute atomic E-state index is 0.0867. The lowest BCUT2D eigenvalue weighted by Gasteiger charge is -2.31. The van der Waals surface area contributed by atoms with E-state index in [9.17, 15) is 9.18 Å². The first-order chi connectivity index (χ1) is 12.2. The molecule has 1 atom stereocenters. The van der Waals surface area contributed by atoms with E-state index in [1.807, 2.05) is 23.6 Å². The molecule has 0 spiro atoms. The second-order valence-corrected chi connectivity index (χ2v) is 6.95. The number of thiophene rings is 1. The minimum atomic E-state index is -0.248. The molecule has 1 saturated heterocycles. The summed E-state index contributed by atoms with van der Waals surface area (Å²) in [7, 11) is 0. The normalized spacial score (nSPS) is 16.8. The van der Waals surface area contributed by atoms with Crippen molar-refractivity contribution in [1.82, 2.24) is 5.32 Å². The van der Waals surface area contributed by atoms with Crippen molar-refractivity contribution in [2.75, 3.05) is 32.8 Å². The van der Waals surface area contributed by atoms with Crippen molar-refractivity contribution in [2.45, 2.75) is 6.04 Å². The van der Waals surface area contributed by atoms with Gasteiger partial charge in [0.2, 0.25) is 5.91 Å². The number of benzene rings is 1. The first-order valence-electron chi connectivity index (χ1n) is 8.39. The minimum Gasteiger partial charge on any atom is -0.370 e. The van der Waals surface area contributed by atoms with E-state index in [1.165, 1.54) is 17.0 Å². The molecule has 0 aliphatic carbocycles. The van der Waals surface area contributed by atoms with Crippen LogP contribution in [0.3, 0.4) is 0 Å². The molecule has 1 fully saturated rings. The Morgan fingerprint density at radius 2 is 2.04 bits per heavy atom. The molecule has 132 valence electrons. The highest BCUT2D eigenvalue weighted by atomic mass is 32.1. The van der Waals surface area contributed by atoms with E-state index in [-0.39, 0.29) is 17.8 Å². The molecule has 25 heavy (non-hydrogen) atoms. The number of quaternary nitrogens is 1. The molecule has 3 rings (SSSR count). The van der Waals surface area contributed by atoms with Gasteiger partial charge in [0.05, 0.1) is 19.8 Å². The summed E-state index contributed by atoms with van der Waals surface area (Å²) in [5.41, 5.74) is 1.03. The van der Waals surface area contributed by atoms with Gasteiger partial charge < -0.3 is 15.0 Å². The van der Waals surface area contributed by atoms with Gasteiger partial charge in [-0.25, -0.2) is 4.39 Å². The van der Waals surface area contributed by atoms with Gasteiger partial charge in [-0.15, -0.1) is 11.3 Å². The first kappa shape index (κ1) is 17.8. The highest BCUT2D eigenvalue weighted by Crippen LogP contribution is 2.12. The molecule has 0 radical (unpaired) electrons. The second-order valence-electron chi connectivity index (χ2n) is 5.97. The fourth-order valence-electron chi connectivity index (χ4n) is 2.98. The molecule has 4 nitrogen and oxygen atoms in total. The molecule has 1 aliphatic heterocycles. The Hall–Kier alpha value is -2.02. The van der Waals surface area contributed by atoms with Gasteiger partial charge >= 0.3 is 0 Å². The van der Waals surface area contributed by atoms with Gasteiger partial charge in [-0.1, -0.05) is 18.2 Å². The summed E-state index contributed by atoms with van der Waals surface area (Å²) in [4.78, 5) is 14.5. The van der Waals surface area contributed by atoms with Crippen LogP contribution in [0.15, 0.2) is 47.9 Å². The summed E-state index contributed by atoms with van der Waals surface area (Å²) in [6, 6.07) is 10.6. The molecule has 0 bridgehead atoms. The lowest BCUT2D eigenvalue weighted by atomic mass is 10.0. The van der Waals surface area contributed by atoms with Gasteiger partial charge in [0.1, 0.15) is 24.9 Å². The third kappa shape index (κ3) is 5.22.